The van der Waals surface area contributed by atoms with Crippen molar-refractivity contribution >= 4 is 23.5 Å². The van der Waals surface area contributed by atoms with E-state index in [2.05, 4.69) is 0 Å². The van der Waals surface area contributed by atoms with Gasteiger partial charge in [-0.2, -0.15) is 0 Å². The van der Waals surface area contributed by atoms with Gasteiger partial charge in [0.2, 0.25) is 0 Å². The van der Waals surface area contributed by atoms with Crippen molar-refractivity contribution in [1.29, 1.82) is 0 Å². The maximum Gasteiger partial charge on any atom is 0.429 e. The van der Waals surface area contributed by atoms with E-state index in [1.54, 1.807) is 13.8 Å². The van der Waals surface area contributed by atoms with Crippen molar-refractivity contribution < 1.29 is 23.9 Å². The fourth-order valence-electron chi connectivity index (χ4n) is 4.58. The van der Waals surface area contributed by atoms with Gasteiger partial charge in [0.25, 0.3) is 0 Å². The van der Waals surface area contributed by atoms with Crippen LogP contribution in [-0.4, -0.2) is 53.3 Å². The van der Waals surface area contributed by atoms with Gasteiger partial charge in [0, 0.05) is 11.5 Å². The van der Waals surface area contributed by atoms with E-state index in [0.717, 1.165) is 5.56 Å². The molecule has 7 heteroatoms. The lowest BCUT2D eigenvalue weighted by Crippen LogP contribution is -2.59. The molecule has 1 heterocycles. The van der Waals surface area contributed by atoms with E-state index < -0.39 is 18.2 Å². The zero-order chi connectivity index (χ0) is 19.1. The molecule has 3 aliphatic rings. The number of ketones is 1. The van der Waals surface area contributed by atoms with Gasteiger partial charge in [-0.25, -0.2) is 19.6 Å². The Morgan fingerprint density at radius 2 is 1.59 bits per heavy atom. The Morgan fingerprint density at radius 1 is 1.00 bits per heavy atom. The molecule has 0 aromatic heterocycles. The molecule has 0 radical (unpaired) electrons. The van der Waals surface area contributed by atoms with Crippen LogP contribution in [0.3, 0.4) is 0 Å². The summed E-state index contributed by atoms with van der Waals surface area (Å²) >= 11 is 0. The van der Waals surface area contributed by atoms with E-state index in [0.29, 0.717) is 12.0 Å². The maximum atomic E-state index is 13.1. The van der Waals surface area contributed by atoms with Gasteiger partial charge in [-0.3, -0.25) is 4.79 Å². The molecule has 1 saturated carbocycles. The molecule has 2 amide bonds. The minimum atomic E-state index is -0.613. The van der Waals surface area contributed by atoms with Crippen LogP contribution in [0.4, 0.5) is 9.59 Å². The first kappa shape index (κ1) is 17.6. The minimum Gasteiger partial charge on any atom is -0.448 e. The number of benzene rings is 1. The lowest BCUT2D eigenvalue weighted by Gasteiger charge is -2.40. The molecule has 4 atom stereocenters. The molecule has 1 aromatic carbocycles. The quantitative estimate of drug-likeness (QED) is 0.818. The Kier molecular flexibility index (Phi) is 4.37. The van der Waals surface area contributed by atoms with E-state index >= 15 is 0 Å². The third-order valence-electron chi connectivity index (χ3n) is 5.54. The van der Waals surface area contributed by atoms with Gasteiger partial charge in [-0.15, -0.1) is 0 Å². The van der Waals surface area contributed by atoms with Crippen LogP contribution < -0.4 is 0 Å². The van der Waals surface area contributed by atoms with Gasteiger partial charge >= 0.3 is 12.2 Å². The molecule has 1 aromatic rings. The van der Waals surface area contributed by atoms with Gasteiger partial charge in [-0.1, -0.05) is 36.4 Å². The number of Topliss-reactive ketones (excluding diaryl/α,β-unsaturated/α-hetero) is 1. The lowest BCUT2D eigenvalue weighted by atomic mass is 9.91. The topological polar surface area (TPSA) is 76.2 Å². The number of carbonyl (C=O) groups is 3. The van der Waals surface area contributed by atoms with Gasteiger partial charge in [0.15, 0.2) is 5.78 Å². The van der Waals surface area contributed by atoms with Crippen molar-refractivity contribution in [3.8, 4) is 0 Å². The second kappa shape index (κ2) is 6.72. The summed E-state index contributed by atoms with van der Waals surface area (Å²) in [6.45, 7) is 3.83. The minimum absolute atomic E-state index is 0.0245. The SMILES string of the molecule is CCOC(=O)N1C2CC(C3C(=O)C(c4ccccc4)=CC32)N1C(=O)OCC. The van der Waals surface area contributed by atoms with E-state index in [1.807, 2.05) is 36.4 Å². The van der Waals surface area contributed by atoms with Crippen LogP contribution in [0.1, 0.15) is 25.8 Å². The van der Waals surface area contributed by atoms with Crippen molar-refractivity contribution in [2.75, 3.05) is 13.2 Å². The Bertz CT molecular complexity index is 806. The number of hydrogen-bond donors (Lipinski definition) is 0. The third kappa shape index (κ3) is 2.60. The highest BCUT2D eigenvalue weighted by Gasteiger charge is 2.64. The fraction of sp³-hybridized carbons (Fsp3) is 0.450. The van der Waals surface area contributed by atoms with Crippen LogP contribution >= 0.6 is 0 Å². The van der Waals surface area contributed by atoms with E-state index in [1.165, 1.54) is 10.0 Å². The molecule has 7 nitrogen and oxygen atoms in total. The van der Waals surface area contributed by atoms with Crippen LogP contribution in [0.5, 0.6) is 0 Å². The van der Waals surface area contributed by atoms with Crippen molar-refractivity contribution in [3.63, 3.8) is 0 Å². The Balaban J connectivity index is 1.69. The number of hydrazine groups is 1. The van der Waals surface area contributed by atoms with Gasteiger partial charge < -0.3 is 9.47 Å². The Hall–Kier alpha value is -2.83. The zero-order valence-corrected chi connectivity index (χ0v) is 15.3. The Labute approximate surface area is 157 Å². The highest BCUT2D eigenvalue weighted by molar-refractivity contribution is 6.24. The van der Waals surface area contributed by atoms with Gasteiger partial charge in [0.05, 0.1) is 31.2 Å². The molecule has 1 aliphatic heterocycles. The monoisotopic (exact) mass is 370 g/mol. The number of ether oxygens (including phenoxy) is 2. The normalized spacial score (nSPS) is 28.2. The van der Waals surface area contributed by atoms with E-state index in [4.69, 9.17) is 9.47 Å². The summed E-state index contributed by atoms with van der Waals surface area (Å²) in [7, 11) is 0. The summed E-state index contributed by atoms with van der Waals surface area (Å²) in [6.07, 6.45) is 1.32. The summed E-state index contributed by atoms with van der Waals surface area (Å²) in [5.41, 5.74) is 1.52. The highest BCUT2D eigenvalue weighted by atomic mass is 16.6. The van der Waals surface area contributed by atoms with Gasteiger partial charge in [0.1, 0.15) is 0 Å². The van der Waals surface area contributed by atoms with Crippen molar-refractivity contribution in [2.24, 2.45) is 11.8 Å². The predicted octanol–water partition coefficient (Wildman–Crippen LogP) is 2.87. The molecule has 2 bridgehead atoms. The molecule has 4 rings (SSSR count). The van der Waals surface area contributed by atoms with Crippen molar-refractivity contribution in [3.05, 3.63) is 42.0 Å². The number of rotatable bonds is 3. The molecule has 142 valence electrons. The first-order valence-corrected chi connectivity index (χ1v) is 9.31. The molecule has 27 heavy (non-hydrogen) atoms. The first-order valence-electron chi connectivity index (χ1n) is 9.31. The maximum absolute atomic E-state index is 13.1. The summed E-state index contributed by atoms with van der Waals surface area (Å²) < 4.78 is 10.3. The summed E-state index contributed by atoms with van der Waals surface area (Å²) in [5.74, 6) is -0.440. The van der Waals surface area contributed by atoms with Gasteiger partial charge in [-0.05, 0) is 25.8 Å². The average Bonchev–Trinajstić information content (AvgIpc) is 3.32. The number of nitrogens with zero attached hydrogens (tertiary/aromatic N) is 2. The smallest absolute Gasteiger partial charge is 0.429 e. The van der Waals surface area contributed by atoms with Crippen molar-refractivity contribution in [1.82, 2.24) is 10.0 Å². The summed E-state index contributed by atoms with van der Waals surface area (Å²) in [5, 5.41) is 2.65. The molecule has 0 N–H and O–H groups in total. The molecular weight excluding hydrogens is 348 g/mol. The predicted molar refractivity (Wildman–Crippen MR) is 96.3 cm³/mol. The van der Waals surface area contributed by atoms with Crippen molar-refractivity contribution in [2.45, 2.75) is 32.4 Å². The van der Waals surface area contributed by atoms with E-state index in [-0.39, 0.29) is 36.9 Å². The Morgan fingerprint density at radius 3 is 2.19 bits per heavy atom. The molecule has 2 aliphatic carbocycles. The second-order valence-corrected chi connectivity index (χ2v) is 6.87. The lowest BCUT2D eigenvalue weighted by molar-refractivity contribution is -0.124. The molecule has 4 unspecified atom stereocenters. The standard InChI is InChI=1S/C20H22N2O5/c1-3-26-19(24)21-15-11-16(22(21)20(25)27-4-2)17-14(15)10-13(18(17)23)12-8-6-5-7-9-12/h5-10,14-17H,3-4,11H2,1-2H3. The number of fused-ring (bicyclic) bond motifs is 5. The largest absolute Gasteiger partial charge is 0.448 e. The van der Waals surface area contributed by atoms with Crippen LogP contribution in [-0.2, 0) is 14.3 Å². The molecule has 2 fully saturated rings. The van der Waals surface area contributed by atoms with Crippen LogP contribution in [0.25, 0.3) is 5.57 Å². The van der Waals surface area contributed by atoms with Crippen LogP contribution in [0.15, 0.2) is 36.4 Å². The van der Waals surface area contributed by atoms with Crippen LogP contribution in [0.2, 0.25) is 0 Å². The number of hydrogen-bond acceptors (Lipinski definition) is 5. The first-order chi connectivity index (χ1) is 13.1. The van der Waals surface area contributed by atoms with Crippen LogP contribution in [0, 0.1) is 11.8 Å². The zero-order valence-electron chi connectivity index (χ0n) is 15.3. The number of allylic oxidation sites excluding steroid dienone is 1. The molecule has 0 spiro atoms. The number of carbonyl (C=O) groups excluding carboxylic acids is 3. The second-order valence-electron chi connectivity index (χ2n) is 6.87. The highest BCUT2D eigenvalue weighted by Crippen LogP contribution is 2.52. The fourth-order valence-corrected chi connectivity index (χ4v) is 4.58. The molecular formula is C20H22N2O5. The number of amides is 2. The molecule has 1 saturated heterocycles. The average molecular weight is 370 g/mol. The van der Waals surface area contributed by atoms with E-state index in [9.17, 15) is 14.4 Å². The summed E-state index contributed by atoms with van der Waals surface area (Å²) in [6, 6.07) is 8.81. The summed E-state index contributed by atoms with van der Waals surface area (Å²) in [4.78, 5) is 38.2. The third-order valence-corrected chi connectivity index (χ3v) is 5.54.